The first-order valence-electron chi connectivity index (χ1n) is 5.60. The summed E-state index contributed by atoms with van der Waals surface area (Å²) in [6, 6.07) is 3.77. The summed E-state index contributed by atoms with van der Waals surface area (Å²) >= 11 is 2.91. The van der Waals surface area contributed by atoms with Gasteiger partial charge in [-0.3, -0.25) is 4.79 Å². The van der Waals surface area contributed by atoms with Crippen molar-refractivity contribution >= 4 is 39.4 Å². The molecule has 0 unspecified atom stereocenters. The van der Waals surface area contributed by atoms with Crippen molar-refractivity contribution in [1.82, 2.24) is 9.97 Å². The first-order chi connectivity index (χ1) is 8.53. The minimum Gasteiger partial charge on any atom is -0.465 e. The Bertz CT molecular complexity index is 533. The molecule has 96 valence electrons. The predicted octanol–water partition coefficient (Wildman–Crippen LogP) is 3.13. The van der Waals surface area contributed by atoms with Crippen LogP contribution >= 0.6 is 23.1 Å². The minimum atomic E-state index is -0.635. The first kappa shape index (κ1) is 13.3. The molecular weight excluding hydrogens is 268 g/mol. The third-order valence-electron chi connectivity index (χ3n) is 2.26. The molecule has 0 N–H and O–H groups in total. The van der Waals surface area contributed by atoms with E-state index >= 15 is 0 Å². The minimum absolute atomic E-state index is 0.220. The summed E-state index contributed by atoms with van der Waals surface area (Å²) in [5.41, 5.74) is 0.865. The van der Waals surface area contributed by atoms with E-state index in [1.807, 2.05) is 26.0 Å². The van der Waals surface area contributed by atoms with Gasteiger partial charge in [0.2, 0.25) is 0 Å². The van der Waals surface area contributed by atoms with Crippen molar-refractivity contribution < 1.29 is 9.53 Å². The summed E-state index contributed by atoms with van der Waals surface area (Å²) < 4.78 is 5.25. The Morgan fingerprint density at radius 1 is 1.56 bits per heavy atom. The molecule has 0 aromatic carbocycles. The Hall–Kier alpha value is -1.14. The van der Waals surface area contributed by atoms with Gasteiger partial charge >= 0.3 is 5.97 Å². The third kappa shape index (κ3) is 2.81. The van der Waals surface area contributed by atoms with E-state index in [0.29, 0.717) is 6.61 Å². The van der Waals surface area contributed by atoms with Crippen molar-refractivity contribution in [2.45, 2.75) is 29.9 Å². The van der Waals surface area contributed by atoms with Crippen LogP contribution in [0.15, 0.2) is 22.7 Å². The number of nitrogens with zero attached hydrogens (tertiary/aromatic N) is 2. The number of thioether (sulfide) groups is 1. The van der Waals surface area contributed by atoms with Gasteiger partial charge in [-0.25, -0.2) is 9.97 Å². The van der Waals surface area contributed by atoms with Crippen molar-refractivity contribution in [3.8, 4) is 0 Å². The molecule has 6 heteroatoms. The van der Waals surface area contributed by atoms with Crippen LogP contribution in [0.4, 0.5) is 0 Å². The number of hydrogen-bond donors (Lipinski definition) is 0. The topological polar surface area (TPSA) is 52.1 Å². The second-order valence-corrected chi connectivity index (χ2v) is 6.99. The van der Waals surface area contributed by atoms with E-state index in [1.165, 1.54) is 23.1 Å². The van der Waals surface area contributed by atoms with Gasteiger partial charge in [0, 0.05) is 6.20 Å². The van der Waals surface area contributed by atoms with E-state index in [2.05, 4.69) is 9.97 Å². The lowest BCUT2D eigenvalue weighted by Gasteiger charge is -2.19. The van der Waals surface area contributed by atoms with E-state index in [9.17, 15) is 4.79 Å². The fourth-order valence-corrected chi connectivity index (χ4v) is 3.75. The van der Waals surface area contributed by atoms with Crippen LogP contribution < -0.4 is 0 Å². The highest BCUT2D eigenvalue weighted by Gasteiger charge is 2.31. The Morgan fingerprint density at radius 3 is 3.00 bits per heavy atom. The zero-order valence-electron chi connectivity index (χ0n) is 10.5. The third-order valence-corrected chi connectivity index (χ3v) is 4.47. The van der Waals surface area contributed by atoms with Gasteiger partial charge in [0.05, 0.1) is 6.61 Å². The molecule has 2 rings (SSSR count). The van der Waals surface area contributed by atoms with Gasteiger partial charge in [0.15, 0.2) is 4.34 Å². The second-order valence-electron chi connectivity index (χ2n) is 4.14. The summed E-state index contributed by atoms with van der Waals surface area (Å²) in [5.74, 6) is -0.220. The molecule has 0 aliphatic heterocycles. The largest absolute Gasteiger partial charge is 0.465 e. The van der Waals surface area contributed by atoms with Crippen molar-refractivity contribution in [3.63, 3.8) is 0 Å². The highest BCUT2D eigenvalue weighted by molar-refractivity contribution is 8.03. The summed E-state index contributed by atoms with van der Waals surface area (Å²) in [7, 11) is 0. The fraction of sp³-hybridized carbons (Fsp3) is 0.417. The van der Waals surface area contributed by atoms with Crippen LogP contribution in [0.5, 0.6) is 0 Å². The molecule has 0 atom stereocenters. The molecule has 4 nitrogen and oxygen atoms in total. The van der Waals surface area contributed by atoms with E-state index in [4.69, 9.17) is 4.74 Å². The van der Waals surface area contributed by atoms with Crippen LogP contribution in [0.25, 0.3) is 10.3 Å². The van der Waals surface area contributed by atoms with Crippen LogP contribution in [-0.4, -0.2) is 27.3 Å². The van der Waals surface area contributed by atoms with Crippen LogP contribution in [-0.2, 0) is 9.53 Å². The van der Waals surface area contributed by atoms with Gasteiger partial charge in [-0.1, -0.05) is 23.1 Å². The highest BCUT2D eigenvalue weighted by atomic mass is 32.2. The maximum atomic E-state index is 11.8. The molecule has 0 fully saturated rings. The summed E-state index contributed by atoms with van der Waals surface area (Å²) in [6.07, 6.45) is 1.74. The summed E-state index contributed by atoms with van der Waals surface area (Å²) in [5, 5.41) is 0. The summed E-state index contributed by atoms with van der Waals surface area (Å²) in [4.78, 5) is 21.4. The number of carbonyl (C=O) groups excluding carboxylic acids is 1. The lowest BCUT2D eigenvalue weighted by Crippen LogP contribution is -2.29. The number of carbonyl (C=O) groups is 1. The van der Waals surface area contributed by atoms with Crippen LogP contribution in [0.1, 0.15) is 20.8 Å². The number of aromatic nitrogens is 2. The van der Waals surface area contributed by atoms with Gasteiger partial charge in [0.1, 0.15) is 15.1 Å². The number of rotatable bonds is 4. The lowest BCUT2D eigenvalue weighted by molar-refractivity contribution is -0.145. The molecule has 0 aliphatic carbocycles. The van der Waals surface area contributed by atoms with Gasteiger partial charge in [0.25, 0.3) is 0 Å². The van der Waals surface area contributed by atoms with E-state index in [0.717, 1.165) is 14.7 Å². The molecule has 0 radical (unpaired) electrons. The molecule has 0 aliphatic rings. The number of pyridine rings is 1. The van der Waals surface area contributed by atoms with Crippen LogP contribution in [0.3, 0.4) is 0 Å². The molecule has 0 amide bonds. The van der Waals surface area contributed by atoms with Crippen LogP contribution in [0.2, 0.25) is 0 Å². The molecule has 0 saturated heterocycles. The number of thiazole rings is 1. The Balaban J connectivity index is 2.20. The average molecular weight is 282 g/mol. The zero-order chi connectivity index (χ0) is 13.2. The predicted molar refractivity (Wildman–Crippen MR) is 74.0 cm³/mol. The number of ether oxygens (including phenoxy) is 1. The summed E-state index contributed by atoms with van der Waals surface area (Å²) in [6.45, 7) is 5.88. The zero-order valence-corrected chi connectivity index (χ0v) is 12.1. The molecule has 0 saturated carbocycles. The van der Waals surface area contributed by atoms with Gasteiger partial charge in [-0.05, 0) is 32.9 Å². The Kier molecular flexibility index (Phi) is 3.87. The Morgan fingerprint density at radius 2 is 2.33 bits per heavy atom. The Labute approximate surface area is 114 Å². The quantitative estimate of drug-likeness (QED) is 0.637. The first-order valence-corrected chi connectivity index (χ1v) is 7.24. The SMILES string of the molecule is CCOC(=O)C(C)(C)Sc1nc2cccnc2s1. The highest BCUT2D eigenvalue weighted by Crippen LogP contribution is 2.37. The van der Waals surface area contributed by atoms with E-state index in [1.54, 1.807) is 13.1 Å². The standard InChI is InChI=1S/C12H14N2O2S2/c1-4-16-10(15)12(2,3)18-11-14-8-6-5-7-13-9(8)17-11/h5-7H,4H2,1-3H3. The van der Waals surface area contributed by atoms with Gasteiger partial charge in [-0.15, -0.1) is 0 Å². The number of hydrogen-bond acceptors (Lipinski definition) is 6. The average Bonchev–Trinajstić information content (AvgIpc) is 2.70. The van der Waals surface area contributed by atoms with Crippen molar-refractivity contribution in [1.29, 1.82) is 0 Å². The maximum Gasteiger partial charge on any atom is 0.322 e. The molecule has 2 aromatic heterocycles. The molecular formula is C12H14N2O2S2. The molecule has 2 heterocycles. The van der Waals surface area contributed by atoms with Crippen LogP contribution in [0, 0.1) is 0 Å². The molecule has 0 bridgehead atoms. The number of fused-ring (bicyclic) bond motifs is 1. The monoisotopic (exact) mass is 282 g/mol. The van der Waals surface area contributed by atoms with Crippen molar-refractivity contribution in [3.05, 3.63) is 18.3 Å². The van der Waals surface area contributed by atoms with E-state index < -0.39 is 4.75 Å². The molecule has 2 aromatic rings. The molecule has 18 heavy (non-hydrogen) atoms. The van der Waals surface area contributed by atoms with Crippen molar-refractivity contribution in [2.24, 2.45) is 0 Å². The van der Waals surface area contributed by atoms with Gasteiger partial charge < -0.3 is 4.74 Å². The molecule has 0 spiro atoms. The smallest absolute Gasteiger partial charge is 0.322 e. The normalized spacial score (nSPS) is 11.7. The fourth-order valence-electron chi connectivity index (χ4n) is 1.36. The van der Waals surface area contributed by atoms with Crippen molar-refractivity contribution in [2.75, 3.05) is 6.61 Å². The number of esters is 1. The maximum absolute atomic E-state index is 11.8. The lowest BCUT2D eigenvalue weighted by atomic mass is 10.2. The van der Waals surface area contributed by atoms with Gasteiger partial charge in [-0.2, -0.15) is 0 Å². The van der Waals surface area contributed by atoms with E-state index in [-0.39, 0.29) is 5.97 Å². The second kappa shape index (κ2) is 5.24.